The van der Waals surface area contributed by atoms with Crippen LogP contribution in [0.4, 0.5) is 0 Å². The number of nitrogens with two attached hydrogens (primary N) is 1. The highest BCUT2D eigenvalue weighted by Gasteiger charge is 2.37. The van der Waals surface area contributed by atoms with E-state index in [2.05, 4.69) is 18.7 Å². The van der Waals surface area contributed by atoms with Gasteiger partial charge in [-0.3, -0.25) is 4.79 Å². The van der Waals surface area contributed by atoms with Crippen molar-refractivity contribution in [2.45, 2.75) is 64.8 Å². The van der Waals surface area contributed by atoms with Gasteiger partial charge in [0.05, 0.1) is 5.92 Å². The Morgan fingerprint density at radius 3 is 2.58 bits per heavy atom. The van der Waals surface area contributed by atoms with E-state index < -0.39 is 0 Å². The summed E-state index contributed by atoms with van der Waals surface area (Å²) in [4.78, 5) is 15.0. The summed E-state index contributed by atoms with van der Waals surface area (Å²) in [7, 11) is 0. The van der Waals surface area contributed by atoms with Gasteiger partial charge in [0.15, 0.2) is 0 Å². The van der Waals surface area contributed by atoms with Gasteiger partial charge in [0.1, 0.15) is 0 Å². The normalized spacial score (nSPS) is 29.2. The SMILES string of the molecule is CC(C)CC(CN)C(=O)N1CCCC2CCCCC21. The Labute approximate surface area is 117 Å². The van der Waals surface area contributed by atoms with E-state index in [1.807, 2.05) is 0 Å². The molecule has 2 N–H and O–H groups in total. The van der Waals surface area contributed by atoms with Gasteiger partial charge in [-0.05, 0) is 43.9 Å². The first-order valence-electron chi connectivity index (χ1n) is 8.14. The Bertz CT molecular complexity index is 301. The molecule has 1 aliphatic carbocycles. The molecule has 3 nitrogen and oxygen atoms in total. The van der Waals surface area contributed by atoms with Crippen molar-refractivity contribution in [3.8, 4) is 0 Å². The van der Waals surface area contributed by atoms with E-state index in [9.17, 15) is 4.79 Å². The number of carbonyl (C=O) groups excluding carboxylic acids is 1. The van der Waals surface area contributed by atoms with Crippen molar-refractivity contribution in [3.05, 3.63) is 0 Å². The lowest BCUT2D eigenvalue weighted by Crippen LogP contribution is -2.52. The molecular weight excluding hydrogens is 236 g/mol. The van der Waals surface area contributed by atoms with Gasteiger partial charge in [0.25, 0.3) is 0 Å². The molecule has 0 aromatic rings. The smallest absolute Gasteiger partial charge is 0.227 e. The zero-order chi connectivity index (χ0) is 13.8. The van der Waals surface area contributed by atoms with Crippen LogP contribution >= 0.6 is 0 Å². The highest BCUT2D eigenvalue weighted by Crippen LogP contribution is 2.36. The molecule has 0 aromatic carbocycles. The predicted octanol–water partition coefficient (Wildman–Crippen LogP) is 2.79. The molecule has 1 amide bonds. The van der Waals surface area contributed by atoms with Crippen LogP contribution < -0.4 is 5.73 Å². The molecule has 2 fully saturated rings. The van der Waals surface area contributed by atoms with Crippen LogP contribution in [0, 0.1) is 17.8 Å². The maximum atomic E-state index is 12.8. The third-order valence-corrected chi connectivity index (χ3v) is 4.92. The van der Waals surface area contributed by atoms with Gasteiger partial charge < -0.3 is 10.6 Å². The first kappa shape index (κ1) is 14.8. The van der Waals surface area contributed by atoms with Crippen LogP contribution in [0.15, 0.2) is 0 Å². The number of hydrogen-bond acceptors (Lipinski definition) is 2. The highest BCUT2D eigenvalue weighted by molar-refractivity contribution is 5.79. The summed E-state index contributed by atoms with van der Waals surface area (Å²) < 4.78 is 0. The molecule has 1 saturated carbocycles. The van der Waals surface area contributed by atoms with E-state index in [0.29, 0.717) is 24.4 Å². The van der Waals surface area contributed by atoms with Gasteiger partial charge >= 0.3 is 0 Å². The largest absolute Gasteiger partial charge is 0.339 e. The summed E-state index contributed by atoms with van der Waals surface area (Å²) in [5, 5.41) is 0. The topological polar surface area (TPSA) is 46.3 Å². The Balaban J connectivity index is 2.03. The van der Waals surface area contributed by atoms with Crippen molar-refractivity contribution in [1.29, 1.82) is 0 Å². The first-order chi connectivity index (χ1) is 9.13. The molecule has 0 bridgehead atoms. The molecule has 19 heavy (non-hydrogen) atoms. The lowest BCUT2D eigenvalue weighted by atomic mass is 9.77. The zero-order valence-electron chi connectivity index (χ0n) is 12.6. The van der Waals surface area contributed by atoms with Crippen LogP contribution in [0.25, 0.3) is 0 Å². The molecule has 2 aliphatic rings. The molecule has 2 rings (SSSR count). The van der Waals surface area contributed by atoms with Crippen molar-refractivity contribution in [2.24, 2.45) is 23.5 Å². The van der Waals surface area contributed by atoms with Crippen molar-refractivity contribution in [3.63, 3.8) is 0 Å². The standard InChI is InChI=1S/C16H30N2O/c1-12(2)10-14(11-17)16(19)18-9-5-7-13-6-3-4-8-15(13)18/h12-15H,3-11,17H2,1-2H3. The summed E-state index contributed by atoms with van der Waals surface area (Å²) in [6.07, 6.45) is 8.64. The Kier molecular flexibility index (Phi) is 5.26. The Hall–Kier alpha value is -0.570. The van der Waals surface area contributed by atoms with Crippen molar-refractivity contribution < 1.29 is 4.79 Å². The third kappa shape index (κ3) is 3.50. The number of rotatable bonds is 4. The molecule has 1 heterocycles. The highest BCUT2D eigenvalue weighted by atomic mass is 16.2. The van der Waals surface area contributed by atoms with E-state index in [1.165, 1.54) is 38.5 Å². The second kappa shape index (κ2) is 6.74. The molecule has 0 spiro atoms. The quantitative estimate of drug-likeness (QED) is 0.850. The maximum Gasteiger partial charge on any atom is 0.227 e. The van der Waals surface area contributed by atoms with E-state index in [0.717, 1.165) is 18.9 Å². The van der Waals surface area contributed by atoms with Crippen LogP contribution in [0.5, 0.6) is 0 Å². The predicted molar refractivity (Wildman–Crippen MR) is 78.7 cm³/mol. The average Bonchev–Trinajstić information content (AvgIpc) is 2.43. The summed E-state index contributed by atoms with van der Waals surface area (Å²) in [6.45, 7) is 5.82. The maximum absolute atomic E-state index is 12.8. The van der Waals surface area contributed by atoms with Crippen LogP contribution in [-0.4, -0.2) is 29.9 Å². The second-order valence-corrected chi connectivity index (χ2v) is 6.85. The average molecular weight is 266 g/mol. The van der Waals surface area contributed by atoms with E-state index in [-0.39, 0.29) is 5.92 Å². The van der Waals surface area contributed by atoms with Gasteiger partial charge in [-0.15, -0.1) is 0 Å². The van der Waals surface area contributed by atoms with Crippen LogP contribution in [0.3, 0.4) is 0 Å². The number of piperidine rings is 1. The van der Waals surface area contributed by atoms with Crippen molar-refractivity contribution >= 4 is 5.91 Å². The Morgan fingerprint density at radius 2 is 1.89 bits per heavy atom. The minimum atomic E-state index is 0.0423. The molecule has 3 unspecified atom stereocenters. The number of nitrogens with zero attached hydrogens (tertiary/aromatic N) is 1. The van der Waals surface area contributed by atoms with Crippen LogP contribution in [-0.2, 0) is 4.79 Å². The van der Waals surface area contributed by atoms with Gasteiger partial charge in [0, 0.05) is 19.1 Å². The lowest BCUT2D eigenvalue weighted by Gasteiger charge is -2.45. The Morgan fingerprint density at radius 1 is 1.21 bits per heavy atom. The van der Waals surface area contributed by atoms with Gasteiger partial charge in [-0.25, -0.2) is 0 Å². The fraction of sp³-hybridized carbons (Fsp3) is 0.938. The summed E-state index contributed by atoms with van der Waals surface area (Å²) in [6, 6.07) is 0.524. The molecule has 0 aromatic heterocycles. The lowest BCUT2D eigenvalue weighted by molar-refractivity contribution is -0.142. The molecule has 110 valence electrons. The third-order valence-electron chi connectivity index (χ3n) is 4.92. The molecule has 3 heteroatoms. The van der Waals surface area contributed by atoms with Gasteiger partial charge in [-0.2, -0.15) is 0 Å². The molecule has 1 aliphatic heterocycles. The summed E-state index contributed by atoms with van der Waals surface area (Å²) in [5.41, 5.74) is 5.85. The van der Waals surface area contributed by atoms with Gasteiger partial charge in [0.2, 0.25) is 5.91 Å². The van der Waals surface area contributed by atoms with Crippen LogP contribution in [0.2, 0.25) is 0 Å². The molecule has 0 radical (unpaired) electrons. The first-order valence-corrected chi connectivity index (χ1v) is 8.14. The fourth-order valence-electron chi connectivity index (χ4n) is 4.00. The number of amides is 1. The van der Waals surface area contributed by atoms with E-state index in [1.54, 1.807) is 0 Å². The number of hydrogen-bond donors (Lipinski definition) is 1. The number of fused-ring (bicyclic) bond motifs is 1. The zero-order valence-corrected chi connectivity index (χ0v) is 12.6. The molecule has 1 saturated heterocycles. The van der Waals surface area contributed by atoms with Crippen LogP contribution in [0.1, 0.15) is 58.8 Å². The van der Waals surface area contributed by atoms with Gasteiger partial charge in [-0.1, -0.05) is 26.7 Å². The molecular formula is C16H30N2O. The minimum absolute atomic E-state index is 0.0423. The fourth-order valence-corrected chi connectivity index (χ4v) is 4.00. The number of carbonyl (C=O) groups is 1. The van der Waals surface area contributed by atoms with Crippen molar-refractivity contribution in [1.82, 2.24) is 4.90 Å². The van der Waals surface area contributed by atoms with E-state index >= 15 is 0 Å². The minimum Gasteiger partial charge on any atom is -0.339 e. The van der Waals surface area contributed by atoms with E-state index in [4.69, 9.17) is 5.73 Å². The molecule has 3 atom stereocenters. The second-order valence-electron chi connectivity index (χ2n) is 6.85. The van der Waals surface area contributed by atoms with Crippen molar-refractivity contribution in [2.75, 3.05) is 13.1 Å². The summed E-state index contributed by atoms with van der Waals surface area (Å²) in [5.74, 6) is 1.70. The summed E-state index contributed by atoms with van der Waals surface area (Å²) >= 11 is 0. The monoisotopic (exact) mass is 266 g/mol. The number of likely N-dealkylation sites (tertiary alicyclic amines) is 1.